The van der Waals surface area contributed by atoms with Crippen LogP contribution in [0.5, 0.6) is 11.5 Å². The van der Waals surface area contributed by atoms with Crippen LogP contribution in [0.3, 0.4) is 0 Å². The van der Waals surface area contributed by atoms with Gasteiger partial charge >= 0.3 is 5.69 Å². The molecule has 30 heavy (non-hydrogen) atoms. The molecule has 0 aliphatic carbocycles. The van der Waals surface area contributed by atoms with Gasteiger partial charge in [0.15, 0.2) is 5.65 Å². The van der Waals surface area contributed by atoms with Gasteiger partial charge in [-0.3, -0.25) is 9.36 Å². The lowest BCUT2D eigenvalue weighted by Gasteiger charge is -2.15. The standard InChI is InChI=1S/C22H20N4O4/c1-29-16-10-14(11-17(12-16)30-2)13-25-21(27)18-8-9-19(23)24-20(18)26(22(25)28)15-6-4-3-5-7-15/h3-12H,13H2,1-2H3,(H2,23,24). The fourth-order valence-corrected chi connectivity index (χ4v) is 3.33. The van der Waals surface area contributed by atoms with Gasteiger partial charge in [-0.2, -0.15) is 0 Å². The number of nitrogens with two attached hydrogens (primary N) is 1. The van der Waals surface area contributed by atoms with E-state index in [2.05, 4.69) is 4.98 Å². The maximum Gasteiger partial charge on any atom is 0.337 e. The summed E-state index contributed by atoms with van der Waals surface area (Å²) in [6.07, 6.45) is 0. The molecule has 4 rings (SSSR count). The van der Waals surface area contributed by atoms with E-state index in [1.807, 2.05) is 18.2 Å². The third kappa shape index (κ3) is 3.39. The molecule has 8 nitrogen and oxygen atoms in total. The van der Waals surface area contributed by atoms with Crippen molar-refractivity contribution < 1.29 is 9.47 Å². The Balaban J connectivity index is 1.99. The molecular formula is C22H20N4O4. The minimum absolute atomic E-state index is 0.0401. The molecule has 0 spiro atoms. The second-order valence-corrected chi connectivity index (χ2v) is 6.67. The Kier molecular flexibility index (Phi) is 4.97. The number of nitrogens with zero attached hydrogens (tertiary/aromatic N) is 3. The van der Waals surface area contributed by atoms with E-state index < -0.39 is 11.2 Å². The molecule has 0 atom stereocenters. The summed E-state index contributed by atoms with van der Waals surface area (Å²) in [7, 11) is 3.08. The first-order chi connectivity index (χ1) is 14.5. The summed E-state index contributed by atoms with van der Waals surface area (Å²) in [4.78, 5) is 30.8. The van der Waals surface area contributed by atoms with Crippen LogP contribution in [0, 0.1) is 0 Å². The average Bonchev–Trinajstić information content (AvgIpc) is 2.77. The maximum atomic E-state index is 13.4. The highest BCUT2D eigenvalue weighted by Crippen LogP contribution is 2.23. The number of anilines is 1. The molecule has 8 heteroatoms. The fourth-order valence-electron chi connectivity index (χ4n) is 3.33. The lowest BCUT2D eigenvalue weighted by Crippen LogP contribution is -2.40. The van der Waals surface area contributed by atoms with Crippen molar-refractivity contribution in [3.8, 4) is 17.2 Å². The zero-order chi connectivity index (χ0) is 21.3. The van der Waals surface area contributed by atoms with Crippen LogP contribution in [0.2, 0.25) is 0 Å². The predicted octanol–water partition coefficient (Wildman–Crippen LogP) is 2.20. The van der Waals surface area contributed by atoms with Crippen molar-refractivity contribution >= 4 is 16.9 Å². The number of fused-ring (bicyclic) bond motifs is 1. The van der Waals surface area contributed by atoms with Crippen molar-refractivity contribution in [1.29, 1.82) is 0 Å². The Hall–Kier alpha value is -4.07. The van der Waals surface area contributed by atoms with Crippen molar-refractivity contribution in [1.82, 2.24) is 14.1 Å². The average molecular weight is 404 g/mol. The number of benzene rings is 2. The predicted molar refractivity (Wildman–Crippen MR) is 115 cm³/mol. The van der Waals surface area contributed by atoms with Crippen LogP contribution in [0.4, 0.5) is 5.82 Å². The van der Waals surface area contributed by atoms with Gasteiger partial charge in [-0.1, -0.05) is 18.2 Å². The lowest BCUT2D eigenvalue weighted by atomic mass is 10.2. The summed E-state index contributed by atoms with van der Waals surface area (Å²) in [5, 5.41) is 0.294. The van der Waals surface area contributed by atoms with Gasteiger partial charge < -0.3 is 15.2 Å². The van der Waals surface area contributed by atoms with Crippen molar-refractivity contribution in [3.05, 3.63) is 87.1 Å². The number of aromatic nitrogens is 3. The third-order valence-corrected chi connectivity index (χ3v) is 4.77. The lowest BCUT2D eigenvalue weighted by molar-refractivity contribution is 0.393. The highest BCUT2D eigenvalue weighted by molar-refractivity contribution is 5.77. The summed E-state index contributed by atoms with van der Waals surface area (Å²) >= 11 is 0. The van der Waals surface area contributed by atoms with Crippen LogP contribution in [0.1, 0.15) is 5.56 Å². The Labute approximate surface area is 171 Å². The summed E-state index contributed by atoms with van der Waals surface area (Å²) in [5.74, 6) is 1.35. The smallest absolute Gasteiger partial charge is 0.337 e. The first-order valence-corrected chi connectivity index (χ1v) is 9.21. The summed E-state index contributed by atoms with van der Waals surface area (Å²) < 4.78 is 13.2. The molecule has 0 unspecified atom stereocenters. The zero-order valence-corrected chi connectivity index (χ0v) is 16.5. The van der Waals surface area contributed by atoms with Crippen LogP contribution in [-0.4, -0.2) is 28.3 Å². The van der Waals surface area contributed by atoms with E-state index in [-0.39, 0.29) is 18.0 Å². The van der Waals surface area contributed by atoms with Gasteiger partial charge in [0.25, 0.3) is 5.56 Å². The van der Waals surface area contributed by atoms with E-state index in [4.69, 9.17) is 15.2 Å². The number of pyridine rings is 1. The molecule has 152 valence electrons. The first kappa shape index (κ1) is 19.3. The SMILES string of the molecule is COc1cc(Cn2c(=O)c3ccc(N)nc3n(-c3ccccc3)c2=O)cc(OC)c1. The fraction of sp³-hybridized carbons (Fsp3) is 0.136. The van der Waals surface area contributed by atoms with Gasteiger partial charge in [0, 0.05) is 6.07 Å². The number of hydrogen-bond donors (Lipinski definition) is 1. The highest BCUT2D eigenvalue weighted by Gasteiger charge is 2.17. The van der Waals surface area contributed by atoms with Crippen molar-refractivity contribution in [2.24, 2.45) is 0 Å². The molecule has 0 aliphatic rings. The van der Waals surface area contributed by atoms with Gasteiger partial charge in [-0.05, 0) is 42.0 Å². The number of rotatable bonds is 5. The number of para-hydroxylation sites is 1. The Morgan fingerprint density at radius 2 is 1.60 bits per heavy atom. The minimum atomic E-state index is -0.515. The Bertz CT molecular complexity index is 1320. The summed E-state index contributed by atoms with van der Waals surface area (Å²) in [6.45, 7) is 0.0401. The van der Waals surface area contributed by atoms with Gasteiger partial charge in [0.2, 0.25) is 0 Å². The van der Waals surface area contributed by atoms with Crippen molar-refractivity contribution in [2.75, 3.05) is 20.0 Å². The van der Waals surface area contributed by atoms with Crippen LogP contribution in [-0.2, 0) is 6.54 Å². The largest absolute Gasteiger partial charge is 0.497 e. The molecule has 0 radical (unpaired) electrons. The molecule has 2 aromatic heterocycles. The van der Waals surface area contributed by atoms with Crippen LogP contribution in [0.25, 0.3) is 16.7 Å². The molecule has 2 heterocycles. The van der Waals surface area contributed by atoms with Crippen LogP contribution < -0.4 is 26.5 Å². The van der Waals surface area contributed by atoms with Gasteiger partial charge in [0.1, 0.15) is 17.3 Å². The molecule has 2 N–H and O–H groups in total. The van der Waals surface area contributed by atoms with Crippen LogP contribution >= 0.6 is 0 Å². The number of methoxy groups -OCH3 is 2. The normalized spacial score (nSPS) is 10.9. The molecule has 0 aliphatic heterocycles. The Morgan fingerprint density at radius 1 is 0.933 bits per heavy atom. The van der Waals surface area contributed by atoms with E-state index in [1.54, 1.807) is 56.7 Å². The molecular weight excluding hydrogens is 384 g/mol. The van der Waals surface area contributed by atoms with E-state index >= 15 is 0 Å². The second kappa shape index (κ2) is 7.75. The van der Waals surface area contributed by atoms with E-state index in [1.165, 1.54) is 9.13 Å². The highest BCUT2D eigenvalue weighted by atomic mass is 16.5. The van der Waals surface area contributed by atoms with Crippen molar-refractivity contribution in [2.45, 2.75) is 6.54 Å². The molecule has 0 saturated heterocycles. The van der Waals surface area contributed by atoms with E-state index in [0.29, 0.717) is 28.1 Å². The summed E-state index contributed by atoms with van der Waals surface area (Å²) in [5.41, 5.74) is 6.36. The molecule has 2 aromatic carbocycles. The quantitative estimate of drug-likeness (QED) is 0.547. The molecule has 0 fully saturated rings. The summed E-state index contributed by atoms with van der Waals surface area (Å²) in [6, 6.07) is 17.4. The van der Waals surface area contributed by atoms with E-state index in [9.17, 15) is 9.59 Å². The zero-order valence-electron chi connectivity index (χ0n) is 16.5. The first-order valence-electron chi connectivity index (χ1n) is 9.21. The maximum absolute atomic E-state index is 13.4. The third-order valence-electron chi connectivity index (χ3n) is 4.77. The van der Waals surface area contributed by atoms with Gasteiger partial charge in [0.05, 0.1) is 31.8 Å². The molecule has 0 bridgehead atoms. The van der Waals surface area contributed by atoms with Gasteiger partial charge in [-0.25, -0.2) is 14.3 Å². The topological polar surface area (TPSA) is 101 Å². The van der Waals surface area contributed by atoms with Crippen molar-refractivity contribution in [3.63, 3.8) is 0 Å². The minimum Gasteiger partial charge on any atom is -0.497 e. The second-order valence-electron chi connectivity index (χ2n) is 6.67. The number of nitrogen functional groups attached to an aromatic ring is 1. The van der Waals surface area contributed by atoms with Gasteiger partial charge in [-0.15, -0.1) is 0 Å². The number of hydrogen-bond acceptors (Lipinski definition) is 6. The Morgan fingerprint density at radius 3 is 2.23 bits per heavy atom. The molecule has 4 aromatic rings. The van der Waals surface area contributed by atoms with E-state index in [0.717, 1.165) is 0 Å². The van der Waals surface area contributed by atoms with Crippen LogP contribution in [0.15, 0.2) is 70.3 Å². The molecule has 0 saturated carbocycles. The number of ether oxygens (including phenoxy) is 2. The monoisotopic (exact) mass is 404 g/mol. The molecule has 0 amide bonds.